The molecule has 0 radical (unpaired) electrons. The van der Waals surface area contributed by atoms with E-state index in [1.165, 1.54) is 38.6 Å². The summed E-state index contributed by atoms with van der Waals surface area (Å²) in [6.07, 6.45) is 15.8. The van der Waals surface area contributed by atoms with Crippen LogP contribution in [0.5, 0.6) is 0 Å². The van der Waals surface area contributed by atoms with Gasteiger partial charge in [0.25, 0.3) is 0 Å². The number of allylic oxidation sites excluding steroid dienone is 5. The molecule has 116 valence electrons. The van der Waals surface area contributed by atoms with E-state index in [4.69, 9.17) is 0 Å². The van der Waals surface area contributed by atoms with Crippen LogP contribution in [-0.4, -0.2) is 17.5 Å². The first-order valence-electron chi connectivity index (χ1n) is 9.01. The minimum atomic E-state index is 0.202. The first-order chi connectivity index (χ1) is 10.7. The zero-order valence-electron chi connectivity index (χ0n) is 13.7. The largest absolute Gasteiger partial charge is 0.371 e. The summed E-state index contributed by atoms with van der Waals surface area (Å²) < 4.78 is 0. The van der Waals surface area contributed by atoms with Crippen LogP contribution in [0.2, 0.25) is 0 Å². The Bertz CT molecular complexity index is 647. The number of likely N-dealkylation sites (tertiary alicyclic amines) is 1. The molecule has 3 unspecified atom stereocenters. The lowest BCUT2D eigenvalue weighted by Crippen LogP contribution is -2.45. The van der Waals surface area contributed by atoms with Crippen molar-refractivity contribution in [1.82, 2.24) is 10.2 Å². The van der Waals surface area contributed by atoms with E-state index in [9.17, 15) is 0 Å². The van der Waals surface area contributed by atoms with Crippen LogP contribution in [0.25, 0.3) is 0 Å². The molecule has 22 heavy (non-hydrogen) atoms. The normalized spacial score (nSPS) is 39.1. The fraction of sp³-hybridized carbons (Fsp3) is 0.600. The zero-order chi connectivity index (χ0) is 14.9. The lowest BCUT2D eigenvalue weighted by atomic mass is 9.65. The number of hydrogen-bond donors (Lipinski definition) is 1. The van der Waals surface area contributed by atoms with Crippen molar-refractivity contribution < 1.29 is 0 Å². The smallest absolute Gasteiger partial charge is 0.0365 e. The molecule has 0 aromatic carbocycles. The summed E-state index contributed by atoms with van der Waals surface area (Å²) >= 11 is 0. The molecule has 0 aromatic heterocycles. The predicted molar refractivity (Wildman–Crippen MR) is 89.8 cm³/mol. The van der Waals surface area contributed by atoms with Crippen LogP contribution in [0.3, 0.4) is 0 Å². The van der Waals surface area contributed by atoms with Crippen molar-refractivity contribution in [1.29, 1.82) is 0 Å². The van der Waals surface area contributed by atoms with Gasteiger partial charge >= 0.3 is 0 Å². The standard InChI is InChI=1S/C20H26N2/c1-13-19-11-16-15-7-9-21-10-8-20(13,2)17(15)5-6-18(16)22(19)12-14-3-4-14/h7-10,13-14,19,21H,3-6,11-12H2,1-2H3. The molecule has 3 aliphatic carbocycles. The van der Waals surface area contributed by atoms with Crippen LogP contribution in [0, 0.1) is 17.3 Å². The first-order valence-corrected chi connectivity index (χ1v) is 9.01. The average molecular weight is 294 g/mol. The molecule has 2 heterocycles. The Morgan fingerprint density at radius 2 is 2.14 bits per heavy atom. The summed E-state index contributed by atoms with van der Waals surface area (Å²) in [5.41, 5.74) is 6.83. The van der Waals surface area contributed by atoms with E-state index in [0.717, 1.165) is 5.92 Å². The monoisotopic (exact) mass is 294 g/mol. The molecule has 3 atom stereocenters. The van der Waals surface area contributed by atoms with E-state index in [-0.39, 0.29) is 5.41 Å². The van der Waals surface area contributed by atoms with Crippen LogP contribution < -0.4 is 5.32 Å². The molecule has 0 spiro atoms. The summed E-state index contributed by atoms with van der Waals surface area (Å²) in [7, 11) is 0. The molecule has 1 N–H and O–H groups in total. The van der Waals surface area contributed by atoms with E-state index in [1.807, 2.05) is 0 Å². The summed E-state index contributed by atoms with van der Waals surface area (Å²) in [6.45, 7) is 6.29. The molecule has 5 bridgehead atoms. The highest BCUT2D eigenvalue weighted by Crippen LogP contribution is 2.57. The predicted octanol–water partition coefficient (Wildman–Crippen LogP) is 4.10. The molecule has 2 heteroatoms. The Balaban J connectivity index is 1.71. The fourth-order valence-corrected chi connectivity index (χ4v) is 5.30. The third kappa shape index (κ3) is 1.61. The second-order valence-electron chi connectivity index (χ2n) is 8.09. The molecule has 1 saturated carbocycles. The zero-order valence-corrected chi connectivity index (χ0v) is 13.7. The number of nitrogens with zero attached hydrogens (tertiary/aromatic N) is 1. The van der Waals surface area contributed by atoms with Crippen molar-refractivity contribution in [3.05, 3.63) is 47.0 Å². The molecule has 1 fully saturated rings. The number of fused-ring (bicyclic) bond motifs is 1. The van der Waals surface area contributed by atoms with E-state index >= 15 is 0 Å². The van der Waals surface area contributed by atoms with Crippen LogP contribution in [0.15, 0.2) is 47.0 Å². The van der Waals surface area contributed by atoms with Crippen molar-refractivity contribution in [3.63, 3.8) is 0 Å². The number of nitrogens with one attached hydrogen (secondary N) is 1. The lowest BCUT2D eigenvalue weighted by Gasteiger charge is -2.47. The van der Waals surface area contributed by atoms with Crippen molar-refractivity contribution in [2.24, 2.45) is 17.3 Å². The maximum absolute atomic E-state index is 3.33. The molecular weight excluding hydrogens is 268 g/mol. The van der Waals surface area contributed by atoms with Gasteiger partial charge in [-0.2, -0.15) is 0 Å². The Hall–Kier alpha value is -1.44. The third-order valence-electron chi connectivity index (χ3n) is 6.97. The molecule has 0 amide bonds. The lowest BCUT2D eigenvalue weighted by molar-refractivity contribution is 0.135. The van der Waals surface area contributed by atoms with Gasteiger partial charge < -0.3 is 10.2 Å². The summed E-state index contributed by atoms with van der Waals surface area (Å²) in [6, 6.07) is 0.708. The van der Waals surface area contributed by atoms with E-state index in [2.05, 4.69) is 48.6 Å². The molecule has 2 aliphatic heterocycles. The quantitative estimate of drug-likeness (QED) is 0.825. The molecular formula is C20H26N2. The van der Waals surface area contributed by atoms with Crippen molar-refractivity contribution >= 4 is 0 Å². The molecule has 0 aromatic rings. The Labute approximate surface area is 133 Å². The van der Waals surface area contributed by atoms with Gasteiger partial charge in [-0.1, -0.05) is 25.5 Å². The highest BCUT2D eigenvalue weighted by atomic mass is 15.2. The van der Waals surface area contributed by atoms with Crippen LogP contribution >= 0.6 is 0 Å². The third-order valence-corrected chi connectivity index (χ3v) is 6.97. The average Bonchev–Trinajstić information content (AvgIpc) is 3.24. The molecule has 5 rings (SSSR count). The van der Waals surface area contributed by atoms with Gasteiger partial charge in [-0.15, -0.1) is 0 Å². The van der Waals surface area contributed by atoms with Crippen LogP contribution in [-0.2, 0) is 0 Å². The molecule has 2 nitrogen and oxygen atoms in total. The maximum atomic E-state index is 3.33. The van der Waals surface area contributed by atoms with Gasteiger partial charge in [0, 0.05) is 29.9 Å². The maximum Gasteiger partial charge on any atom is 0.0365 e. The molecule has 0 saturated heterocycles. The van der Waals surface area contributed by atoms with Crippen LogP contribution in [0.1, 0.15) is 46.0 Å². The minimum Gasteiger partial charge on any atom is -0.371 e. The Kier molecular flexibility index (Phi) is 2.55. The topological polar surface area (TPSA) is 15.3 Å². The summed E-state index contributed by atoms with van der Waals surface area (Å²) in [5.74, 6) is 1.65. The fourth-order valence-electron chi connectivity index (χ4n) is 5.30. The van der Waals surface area contributed by atoms with E-state index in [1.54, 1.807) is 22.4 Å². The summed E-state index contributed by atoms with van der Waals surface area (Å²) in [5, 5.41) is 3.33. The van der Waals surface area contributed by atoms with Gasteiger partial charge in [0.05, 0.1) is 0 Å². The van der Waals surface area contributed by atoms with Crippen LogP contribution in [0.4, 0.5) is 0 Å². The summed E-state index contributed by atoms with van der Waals surface area (Å²) in [4.78, 5) is 2.84. The van der Waals surface area contributed by atoms with Crippen molar-refractivity contribution in [2.75, 3.05) is 6.54 Å². The van der Waals surface area contributed by atoms with Gasteiger partial charge in [-0.25, -0.2) is 0 Å². The van der Waals surface area contributed by atoms with E-state index < -0.39 is 0 Å². The second-order valence-corrected chi connectivity index (χ2v) is 8.09. The van der Waals surface area contributed by atoms with Gasteiger partial charge in [0.1, 0.15) is 0 Å². The number of rotatable bonds is 2. The Morgan fingerprint density at radius 3 is 2.95 bits per heavy atom. The SMILES string of the molecule is CC1C2CC3=C(CCC4=C3C=CNC=CC41C)N2CC1CC1. The van der Waals surface area contributed by atoms with E-state index in [0.29, 0.717) is 12.0 Å². The highest BCUT2D eigenvalue weighted by Gasteiger charge is 2.50. The second kappa shape index (κ2) is 4.31. The van der Waals surface area contributed by atoms with Crippen molar-refractivity contribution in [2.45, 2.75) is 52.0 Å². The van der Waals surface area contributed by atoms with Gasteiger partial charge in [0.2, 0.25) is 0 Å². The Morgan fingerprint density at radius 1 is 1.27 bits per heavy atom. The van der Waals surface area contributed by atoms with Gasteiger partial charge in [-0.3, -0.25) is 0 Å². The van der Waals surface area contributed by atoms with Crippen molar-refractivity contribution in [3.8, 4) is 0 Å². The highest BCUT2D eigenvalue weighted by molar-refractivity contribution is 5.56. The van der Waals surface area contributed by atoms with Gasteiger partial charge in [-0.05, 0) is 67.4 Å². The van der Waals surface area contributed by atoms with Gasteiger partial charge in [0.15, 0.2) is 0 Å². The minimum absolute atomic E-state index is 0.202. The number of hydrogen-bond acceptors (Lipinski definition) is 2. The first kappa shape index (κ1) is 13.0. The molecule has 5 aliphatic rings.